The third-order valence-corrected chi connectivity index (χ3v) is 2.96. The van der Waals surface area contributed by atoms with Crippen LogP contribution in [0, 0.1) is 17.8 Å². The molecule has 0 aromatic rings. The van der Waals surface area contributed by atoms with Gasteiger partial charge in [0, 0.05) is 0 Å². The Morgan fingerprint density at radius 1 is 1.31 bits per heavy atom. The first-order valence-electron chi connectivity index (χ1n) is 5.15. The van der Waals surface area contributed by atoms with E-state index in [-0.39, 0.29) is 0 Å². The van der Waals surface area contributed by atoms with E-state index in [0.29, 0.717) is 5.92 Å². The van der Waals surface area contributed by atoms with Gasteiger partial charge in [0.1, 0.15) is 0 Å². The average Bonchev–Trinajstić information content (AvgIpc) is 2.11. The van der Waals surface area contributed by atoms with Crippen LogP contribution in [0.15, 0.2) is 4.99 Å². The highest BCUT2D eigenvalue weighted by molar-refractivity contribution is 7.78. The number of hydrogen-bond donors (Lipinski definition) is 0. The third kappa shape index (κ3) is 5.95. The Morgan fingerprint density at radius 3 is 2.31 bits per heavy atom. The molecule has 0 aliphatic heterocycles. The molecule has 0 rings (SSSR count). The highest BCUT2D eigenvalue weighted by Gasteiger charge is 2.13. The molecule has 0 bridgehead atoms. The molecule has 2 heteroatoms. The largest absolute Gasteiger partial charge is 0.232 e. The first-order chi connectivity index (χ1) is 6.11. The van der Waals surface area contributed by atoms with Crippen molar-refractivity contribution in [2.75, 3.05) is 6.54 Å². The van der Waals surface area contributed by atoms with Gasteiger partial charge in [-0.15, -0.1) is 0 Å². The monoisotopic (exact) mass is 199 g/mol. The first-order valence-corrected chi connectivity index (χ1v) is 5.56. The lowest BCUT2D eigenvalue weighted by Gasteiger charge is -2.20. The van der Waals surface area contributed by atoms with Crippen LogP contribution in [0.5, 0.6) is 0 Å². The maximum atomic E-state index is 4.57. The molecule has 0 N–H and O–H groups in total. The SMILES string of the molecule is CCC(CN=C=S)CC(C)C(C)C. The molecule has 0 heterocycles. The minimum absolute atomic E-state index is 0.688. The zero-order valence-corrected chi connectivity index (χ0v) is 10.0. The maximum Gasteiger partial charge on any atom is 0.0585 e. The molecule has 76 valence electrons. The van der Waals surface area contributed by atoms with Crippen LogP contribution >= 0.6 is 12.2 Å². The van der Waals surface area contributed by atoms with Crippen LogP contribution < -0.4 is 0 Å². The van der Waals surface area contributed by atoms with E-state index in [2.05, 4.69) is 50.1 Å². The molecular weight excluding hydrogens is 178 g/mol. The fourth-order valence-corrected chi connectivity index (χ4v) is 1.41. The smallest absolute Gasteiger partial charge is 0.0585 e. The fraction of sp³-hybridized carbons (Fsp3) is 0.909. The molecule has 0 saturated heterocycles. The third-order valence-electron chi connectivity index (χ3n) is 2.83. The van der Waals surface area contributed by atoms with E-state index >= 15 is 0 Å². The normalized spacial score (nSPS) is 15.2. The van der Waals surface area contributed by atoms with E-state index in [1.807, 2.05) is 0 Å². The van der Waals surface area contributed by atoms with E-state index in [9.17, 15) is 0 Å². The summed E-state index contributed by atoms with van der Waals surface area (Å²) in [4.78, 5) is 4.02. The van der Waals surface area contributed by atoms with Crippen LogP contribution in [0.3, 0.4) is 0 Å². The summed E-state index contributed by atoms with van der Waals surface area (Å²) in [6, 6.07) is 0. The lowest BCUT2D eigenvalue weighted by molar-refractivity contribution is 0.317. The summed E-state index contributed by atoms with van der Waals surface area (Å²) in [6.07, 6.45) is 2.45. The maximum absolute atomic E-state index is 4.57. The number of aliphatic imine (C=N–C) groups is 1. The van der Waals surface area contributed by atoms with Crippen molar-refractivity contribution in [3.63, 3.8) is 0 Å². The van der Waals surface area contributed by atoms with E-state index in [0.717, 1.165) is 18.4 Å². The van der Waals surface area contributed by atoms with Crippen molar-refractivity contribution in [3.05, 3.63) is 0 Å². The summed E-state index contributed by atoms with van der Waals surface area (Å²) in [6.45, 7) is 9.95. The second kappa shape index (κ2) is 7.23. The van der Waals surface area contributed by atoms with Crippen LogP contribution in [0.1, 0.15) is 40.5 Å². The molecule has 0 aromatic heterocycles. The number of hydrogen-bond acceptors (Lipinski definition) is 2. The minimum Gasteiger partial charge on any atom is -0.232 e. The Kier molecular flexibility index (Phi) is 7.12. The van der Waals surface area contributed by atoms with Gasteiger partial charge in [-0.25, -0.2) is 4.99 Å². The van der Waals surface area contributed by atoms with Crippen molar-refractivity contribution in [1.29, 1.82) is 0 Å². The Balaban J connectivity index is 3.89. The van der Waals surface area contributed by atoms with Gasteiger partial charge in [-0.3, -0.25) is 0 Å². The second-order valence-corrected chi connectivity index (χ2v) is 4.35. The van der Waals surface area contributed by atoms with Crippen molar-refractivity contribution >= 4 is 17.4 Å². The summed E-state index contributed by atoms with van der Waals surface area (Å²) in [5, 5.41) is 2.44. The Labute approximate surface area is 87.6 Å². The number of rotatable bonds is 6. The van der Waals surface area contributed by atoms with Gasteiger partial charge in [0.05, 0.1) is 11.7 Å². The van der Waals surface area contributed by atoms with Gasteiger partial charge in [-0.1, -0.05) is 34.1 Å². The van der Waals surface area contributed by atoms with Crippen LogP contribution in [0.2, 0.25) is 0 Å². The van der Waals surface area contributed by atoms with Gasteiger partial charge >= 0.3 is 0 Å². The van der Waals surface area contributed by atoms with Gasteiger partial charge in [0.2, 0.25) is 0 Å². The number of nitrogens with zero attached hydrogens (tertiary/aromatic N) is 1. The van der Waals surface area contributed by atoms with E-state index in [4.69, 9.17) is 0 Å². The Bertz CT molecular complexity index is 171. The van der Waals surface area contributed by atoms with Crippen LogP contribution in [0.25, 0.3) is 0 Å². The van der Waals surface area contributed by atoms with Gasteiger partial charge in [-0.05, 0) is 36.4 Å². The summed E-state index contributed by atoms with van der Waals surface area (Å²) in [7, 11) is 0. The van der Waals surface area contributed by atoms with Crippen LogP contribution in [0.4, 0.5) is 0 Å². The van der Waals surface area contributed by atoms with Gasteiger partial charge in [0.15, 0.2) is 0 Å². The molecule has 0 amide bonds. The van der Waals surface area contributed by atoms with Crippen LogP contribution in [-0.4, -0.2) is 11.7 Å². The van der Waals surface area contributed by atoms with Crippen molar-refractivity contribution in [2.24, 2.45) is 22.7 Å². The first kappa shape index (κ1) is 12.8. The van der Waals surface area contributed by atoms with Crippen molar-refractivity contribution in [2.45, 2.75) is 40.5 Å². The molecule has 2 atom stereocenters. The van der Waals surface area contributed by atoms with Crippen molar-refractivity contribution in [1.82, 2.24) is 0 Å². The molecule has 0 saturated carbocycles. The standard InChI is InChI=1S/C11H21NS/c1-5-11(7-12-8-13)6-10(4)9(2)3/h9-11H,5-7H2,1-4H3. The molecule has 1 nitrogen and oxygen atoms in total. The summed E-state index contributed by atoms with van der Waals surface area (Å²) >= 11 is 4.57. The molecular formula is C11H21NS. The van der Waals surface area contributed by atoms with Gasteiger partial charge in [0.25, 0.3) is 0 Å². The zero-order chi connectivity index (χ0) is 10.3. The lowest BCUT2D eigenvalue weighted by Crippen LogP contribution is -2.13. The van der Waals surface area contributed by atoms with Crippen molar-refractivity contribution in [3.8, 4) is 0 Å². The highest BCUT2D eigenvalue weighted by atomic mass is 32.1. The number of isothiocyanates is 1. The van der Waals surface area contributed by atoms with E-state index in [1.54, 1.807) is 0 Å². The van der Waals surface area contributed by atoms with Crippen molar-refractivity contribution < 1.29 is 0 Å². The summed E-state index contributed by atoms with van der Waals surface area (Å²) in [5.74, 6) is 2.24. The second-order valence-electron chi connectivity index (χ2n) is 4.16. The van der Waals surface area contributed by atoms with Crippen LogP contribution in [-0.2, 0) is 0 Å². The van der Waals surface area contributed by atoms with Gasteiger partial charge in [-0.2, -0.15) is 0 Å². The molecule has 13 heavy (non-hydrogen) atoms. The molecule has 0 aliphatic rings. The Morgan fingerprint density at radius 2 is 1.92 bits per heavy atom. The lowest BCUT2D eigenvalue weighted by atomic mass is 9.87. The molecule has 0 aromatic carbocycles. The minimum atomic E-state index is 0.688. The molecule has 2 unspecified atom stereocenters. The topological polar surface area (TPSA) is 12.4 Å². The van der Waals surface area contributed by atoms with E-state index < -0.39 is 0 Å². The highest BCUT2D eigenvalue weighted by Crippen LogP contribution is 2.21. The zero-order valence-electron chi connectivity index (χ0n) is 9.21. The predicted molar refractivity (Wildman–Crippen MR) is 62.3 cm³/mol. The van der Waals surface area contributed by atoms with E-state index in [1.165, 1.54) is 12.8 Å². The fourth-order valence-electron chi connectivity index (χ4n) is 1.33. The van der Waals surface area contributed by atoms with Gasteiger partial charge < -0.3 is 0 Å². The molecule has 0 aliphatic carbocycles. The quantitative estimate of drug-likeness (QED) is 0.468. The summed E-state index contributed by atoms with van der Waals surface area (Å²) in [5.41, 5.74) is 0. The Hall–Kier alpha value is -0.200. The molecule has 0 spiro atoms. The molecule has 0 fully saturated rings. The molecule has 0 radical (unpaired) electrons. The predicted octanol–water partition coefficient (Wildman–Crippen LogP) is 3.80. The number of thiocarbonyl (C=S) groups is 1. The summed E-state index contributed by atoms with van der Waals surface area (Å²) < 4.78 is 0. The average molecular weight is 199 g/mol.